The van der Waals surface area contributed by atoms with Crippen LogP contribution in [0.25, 0.3) is 0 Å². The van der Waals surface area contributed by atoms with E-state index in [1.165, 1.54) is 19.4 Å². The summed E-state index contributed by atoms with van der Waals surface area (Å²) in [5.41, 5.74) is 0. The Balaban J connectivity index is 1.74. The molecule has 0 N–H and O–H groups in total. The third-order valence-corrected chi connectivity index (χ3v) is 5.21. The first-order valence-electron chi connectivity index (χ1n) is 5.71. The van der Waals surface area contributed by atoms with Gasteiger partial charge in [0, 0.05) is 31.4 Å². The van der Waals surface area contributed by atoms with E-state index in [0.29, 0.717) is 6.04 Å². The molecule has 1 aromatic heterocycles. The highest BCUT2D eigenvalue weighted by atomic mass is 31.2. The summed E-state index contributed by atoms with van der Waals surface area (Å²) < 4.78 is 10.8. The Morgan fingerprint density at radius 1 is 1.50 bits per heavy atom. The molecule has 0 radical (unpaired) electrons. The van der Waals surface area contributed by atoms with E-state index < -0.39 is 8.45 Å². The number of rotatable bonds is 2. The van der Waals surface area contributed by atoms with E-state index in [0.717, 1.165) is 12.4 Å². The molecule has 3 heterocycles. The summed E-state index contributed by atoms with van der Waals surface area (Å²) in [6.07, 6.45) is 4.40. The van der Waals surface area contributed by atoms with Crippen LogP contribution < -0.4 is 4.52 Å². The Bertz CT molecular complexity index is 362. The first kappa shape index (κ1) is 10.5. The largest absolute Gasteiger partial charge is 0.426 e. The van der Waals surface area contributed by atoms with Crippen LogP contribution in [0.1, 0.15) is 12.8 Å². The van der Waals surface area contributed by atoms with Gasteiger partial charge in [-0.05, 0) is 26.0 Å². The minimum atomic E-state index is -0.619. The molecular weight excluding hydrogens is 221 g/mol. The first-order chi connectivity index (χ1) is 7.84. The Morgan fingerprint density at radius 2 is 2.44 bits per heavy atom. The lowest BCUT2D eigenvalue weighted by Crippen LogP contribution is -2.20. The van der Waals surface area contributed by atoms with E-state index in [4.69, 9.17) is 4.52 Å². The van der Waals surface area contributed by atoms with Gasteiger partial charge in [-0.15, -0.1) is 0 Å². The predicted octanol–water partition coefficient (Wildman–Crippen LogP) is 2.10. The fourth-order valence-corrected chi connectivity index (χ4v) is 4.43. The summed E-state index contributed by atoms with van der Waals surface area (Å²) in [5, 5.41) is 0. The van der Waals surface area contributed by atoms with Crippen molar-refractivity contribution < 1.29 is 4.52 Å². The summed E-state index contributed by atoms with van der Waals surface area (Å²) in [5.74, 6) is 0.744. The van der Waals surface area contributed by atoms with Gasteiger partial charge < -0.3 is 4.52 Å². The van der Waals surface area contributed by atoms with Crippen LogP contribution >= 0.6 is 8.45 Å². The molecule has 2 aliphatic heterocycles. The van der Waals surface area contributed by atoms with Gasteiger partial charge in [0.25, 0.3) is 0 Å². The average molecular weight is 237 g/mol. The molecule has 0 spiro atoms. The average Bonchev–Trinajstić information content (AvgIpc) is 2.84. The standard InChI is InChI=1S/C11H16N3OP/c1-13-9-10-5-4-8-14(10)16(13)15-11-6-2-3-7-12-11/h2-3,6-7,10H,4-5,8-9H2,1H3. The Morgan fingerprint density at radius 3 is 3.25 bits per heavy atom. The SMILES string of the molecule is CN1CC2CCCN2P1Oc1ccccn1. The topological polar surface area (TPSA) is 28.6 Å². The van der Waals surface area contributed by atoms with Crippen LogP contribution in [0.4, 0.5) is 0 Å². The molecular formula is C11H16N3OP. The zero-order valence-corrected chi connectivity index (χ0v) is 10.3. The Kier molecular flexibility index (Phi) is 2.80. The first-order valence-corrected chi connectivity index (χ1v) is 6.88. The van der Waals surface area contributed by atoms with E-state index in [-0.39, 0.29) is 0 Å². The highest BCUT2D eigenvalue weighted by Crippen LogP contribution is 2.53. The molecule has 2 saturated heterocycles. The fourth-order valence-electron chi connectivity index (χ4n) is 2.41. The molecule has 16 heavy (non-hydrogen) atoms. The molecule has 2 atom stereocenters. The van der Waals surface area contributed by atoms with Crippen LogP contribution in [0.2, 0.25) is 0 Å². The second-order valence-electron chi connectivity index (χ2n) is 4.31. The maximum atomic E-state index is 6.01. The third-order valence-electron chi connectivity index (χ3n) is 3.15. The highest BCUT2D eigenvalue weighted by molar-refractivity contribution is 7.48. The molecule has 86 valence electrons. The zero-order chi connectivity index (χ0) is 11.0. The van der Waals surface area contributed by atoms with Crippen molar-refractivity contribution in [2.45, 2.75) is 18.9 Å². The highest BCUT2D eigenvalue weighted by Gasteiger charge is 2.43. The summed E-state index contributed by atoms with van der Waals surface area (Å²) in [6, 6.07) is 6.52. The molecule has 0 bridgehead atoms. The van der Waals surface area contributed by atoms with Gasteiger partial charge in [-0.1, -0.05) is 6.07 Å². The number of hydrogen-bond donors (Lipinski definition) is 0. The van der Waals surface area contributed by atoms with E-state index in [9.17, 15) is 0 Å². The third kappa shape index (κ3) is 1.81. The van der Waals surface area contributed by atoms with Crippen molar-refractivity contribution in [3.8, 4) is 5.88 Å². The monoisotopic (exact) mass is 237 g/mol. The van der Waals surface area contributed by atoms with Gasteiger partial charge in [-0.25, -0.2) is 14.3 Å². The Hall–Kier alpha value is -0.700. The van der Waals surface area contributed by atoms with Gasteiger partial charge in [-0.2, -0.15) is 0 Å². The van der Waals surface area contributed by atoms with Crippen LogP contribution in [0.3, 0.4) is 0 Å². The maximum absolute atomic E-state index is 6.01. The second-order valence-corrected chi connectivity index (χ2v) is 6.20. The van der Waals surface area contributed by atoms with Crippen LogP contribution in [-0.2, 0) is 0 Å². The lowest BCUT2D eigenvalue weighted by Gasteiger charge is -2.24. The zero-order valence-electron chi connectivity index (χ0n) is 9.41. The Labute approximate surface area is 97.2 Å². The number of aromatic nitrogens is 1. The second kappa shape index (κ2) is 4.28. The van der Waals surface area contributed by atoms with E-state index >= 15 is 0 Å². The molecule has 3 rings (SSSR count). The maximum Gasteiger partial charge on any atom is 0.249 e. The molecule has 5 heteroatoms. The minimum Gasteiger partial charge on any atom is -0.426 e. The molecule has 4 nitrogen and oxygen atoms in total. The predicted molar refractivity (Wildman–Crippen MR) is 64.1 cm³/mol. The summed E-state index contributed by atoms with van der Waals surface area (Å²) in [4.78, 5) is 4.23. The number of nitrogens with zero attached hydrogens (tertiary/aromatic N) is 3. The van der Waals surface area contributed by atoms with Crippen molar-refractivity contribution in [2.24, 2.45) is 0 Å². The van der Waals surface area contributed by atoms with Crippen molar-refractivity contribution >= 4 is 8.45 Å². The fraction of sp³-hybridized carbons (Fsp3) is 0.545. The smallest absolute Gasteiger partial charge is 0.249 e. The molecule has 0 aliphatic carbocycles. The van der Waals surface area contributed by atoms with Crippen molar-refractivity contribution in [1.29, 1.82) is 0 Å². The van der Waals surface area contributed by atoms with E-state index in [1.54, 1.807) is 6.20 Å². The number of fused-ring (bicyclic) bond motifs is 1. The van der Waals surface area contributed by atoms with Crippen molar-refractivity contribution in [3.63, 3.8) is 0 Å². The molecule has 0 amide bonds. The molecule has 1 aromatic rings. The number of likely N-dealkylation sites (N-methyl/N-ethyl adjacent to an activating group) is 1. The summed E-state index contributed by atoms with van der Waals surface area (Å²) >= 11 is 0. The van der Waals surface area contributed by atoms with Crippen molar-refractivity contribution in [1.82, 2.24) is 14.3 Å². The lowest BCUT2D eigenvalue weighted by atomic mass is 10.2. The van der Waals surface area contributed by atoms with Crippen LogP contribution in [0, 0.1) is 0 Å². The summed E-state index contributed by atoms with van der Waals surface area (Å²) in [6.45, 7) is 2.31. The molecule has 0 saturated carbocycles. The molecule has 0 aromatic carbocycles. The normalized spacial score (nSPS) is 30.6. The van der Waals surface area contributed by atoms with Gasteiger partial charge in [-0.3, -0.25) is 0 Å². The van der Waals surface area contributed by atoms with E-state index in [1.807, 2.05) is 18.2 Å². The van der Waals surface area contributed by atoms with Gasteiger partial charge in [0.15, 0.2) is 0 Å². The number of hydrogen-bond acceptors (Lipinski definition) is 4. The summed E-state index contributed by atoms with van der Waals surface area (Å²) in [7, 11) is 1.53. The quantitative estimate of drug-likeness (QED) is 0.736. The van der Waals surface area contributed by atoms with Crippen LogP contribution in [-0.4, -0.2) is 40.5 Å². The van der Waals surface area contributed by atoms with Gasteiger partial charge in [0.05, 0.1) is 0 Å². The minimum absolute atomic E-state index is 0.619. The van der Waals surface area contributed by atoms with Crippen LogP contribution in [0.5, 0.6) is 5.88 Å². The molecule has 2 fully saturated rings. The molecule has 2 aliphatic rings. The van der Waals surface area contributed by atoms with Crippen molar-refractivity contribution in [2.75, 3.05) is 20.1 Å². The van der Waals surface area contributed by atoms with Gasteiger partial charge >= 0.3 is 0 Å². The lowest BCUT2D eigenvalue weighted by molar-refractivity contribution is 0.424. The van der Waals surface area contributed by atoms with Crippen LogP contribution in [0.15, 0.2) is 24.4 Å². The van der Waals surface area contributed by atoms with Crippen molar-refractivity contribution in [3.05, 3.63) is 24.4 Å². The number of pyridine rings is 1. The molecule has 2 unspecified atom stereocenters. The van der Waals surface area contributed by atoms with E-state index in [2.05, 4.69) is 21.4 Å². The van der Waals surface area contributed by atoms with Gasteiger partial charge in [0.2, 0.25) is 14.3 Å². The van der Waals surface area contributed by atoms with Gasteiger partial charge in [0.1, 0.15) is 0 Å².